The molecule has 1 rings (SSSR count). The molecule has 0 unspecified atom stereocenters. The number of carbonyl (C=O) groups is 2. The third-order valence-corrected chi connectivity index (χ3v) is 1.97. The molecule has 0 saturated carbocycles. The number of imide groups is 1. The second-order valence-corrected chi connectivity index (χ2v) is 3.15. The van der Waals surface area contributed by atoms with Gasteiger partial charge in [0.05, 0.1) is 6.54 Å². The molecular weight excluding hydrogens is 220 g/mol. The Morgan fingerprint density at radius 2 is 1.94 bits per heavy atom. The normalized spacial score (nSPS) is 10.1. The van der Waals surface area contributed by atoms with Gasteiger partial charge in [0.25, 0.3) is 5.91 Å². The summed E-state index contributed by atoms with van der Waals surface area (Å²) in [4.78, 5) is 33.1. The SMILES string of the molecule is NC(=O)N(C[C]=O)C(=O)C=Cc1ccccc1. The van der Waals surface area contributed by atoms with Gasteiger partial charge >= 0.3 is 6.03 Å². The topological polar surface area (TPSA) is 80.5 Å². The fourth-order valence-electron chi connectivity index (χ4n) is 1.15. The Morgan fingerprint density at radius 3 is 2.47 bits per heavy atom. The quantitative estimate of drug-likeness (QED) is 0.775. The lowest BCUT2D eigenvalue weighted by Gasteiger charge is -2.11. The molecule has 5 nitrogen and oxygen atoms in total. The molecule has 2 N–H and O–H groups in total. The summed E-state index contributed by atoms with van der Waals surface area (Å²) in [5.74, 6) is -0.648. The van der Waals surface area contributed by atoms with Crippen molar-refractivity contribution >= 4 is 24.3 Å². The Balaban J connectivity index is 2.73. The molecular formula is C12H11N2O3. The average molecular weight is 231 g/mol. The zero-order valence-electron chi connectivity index (χ0n) is 9.00. The molecule has 5 heteroatoms. The van der Waals surface area contributed by atoms with Crippen molar-refractivity contribution < 1.29 is 14.4 Å². The largest absolute Gasteiger partial charge is 0.351 e. The van der Waals surface area contributed by atoms with Crippen LogP contribution in [0.4, 0.5) is 4.79 Å². The number of amides is 3. The summed E-state index contributed by atoms with van der Waals surface area (Å²) in [6.07, 6.45) is 4.16. The van der Waals surface area contributed by atoms with E-state index in [1.54, 1.807) is 12.1 Å². The van der Waals surface area contributed by atoms with Gasteiger partial charge < -0.3 is 5.73 Å². The summed E-state index contributed by atoms with van der Waals surface area (Å²) in [6, 6.07) is 8.09. The molecule has 1 radical (unpaired) electrons. The first-order chi connectivity index (χ1) is 8.15. The van der Waals surface area contributed by atoms with Crippen molar-refractivity contribution in [2.45, 2.75) is 0 Å². The van der Waals surface area contributed by atoms with E-state index >= 15 is 0 Å². The smallest absolute Gasteiger partial charge is 0.322 e. The minimum absolute atomic E-state index is 0.465. The van der Waals surface area contributed by atoms with E-state index in [1.165, 1.54) is 18.4 Å². The monoisotopic (exact) mass is 231 g/mol. The van der Waals surface area contributed by atoms with Crippen molar-refractivity contribution in [2.24, 2.45) is 5.73 Å². The van der Waals surface area contributed by atoms with E-state index in [2.05, 4.69) is 0 Å². The molecule has 0 heterocycles. The molecule has 1 aromatic carbocycles. The number of primary amides is 1. The highest BCUT2D eigenvalue weighted by Crippen LogP contribution is 2.01. The summed E-state index contributed by atoms with van der Waals surface area (Å²) in [7, 11) is 0. The molecule has 1 aromatic rings. The van der Waals surface area contributed by atoms with Crippen molar-refractivity contribution in [2.75, 3.05) is 6.54 Å². The van der Waals surface area contributed by atoms with E-state index < -0.39 is 18.5 Å². The van der Waals surface area contributed by atoms with E-state index in [0.29, 0.717) is 4.90 Å². The van der Waals surface area contributed by atoms with Crippen LogP contribution < -0.4 is 5.73 Å². The third-order valence-electron chi connectivity index (χ3n) is 1.97. The second-order valence-electron chi connectivity index (χ2n) is 3.15. The van der Waals surface area contributed by atoms with Gasteiger partial charge in [0.1, 0.15) is 0 Å². The van der Waals surface area contributed by atoms with Crippen molar-refractivity contribution in [3.8, 4) is 0 Å². The second kappa shape index (κ2) is 6.22. The van der Waals surface area contributed by atoms with Crippen LogP contribution in [-0.4, -0.2) is 29.7 Å². The number of carbonyl (C=O) groups excluding carboxylic acids is 3. The minimum Gasteiger partial charge on any atom is -0.351 e. The zero-order valence-corrected chi connectivity index (χ0v) is 9.00. The summed E-state index contributed by atoms with van der Waals surface area (Å²) < 4.78 is 0. The molecule has 0 aliphatic heterocycles. The minimum atomic E-state index is -0.976. The number of nitrogens with two attached hydrogens (primary N) is 1. The third kappa shape index (κ3) is 3.90. The first-order valence-corrected chi connectivity index (χ1v) is 4.84. The Hall–Kier alpha value is -2.43. The first kappa shape index (κ1) is 12.6. The summed E-state index contributed by atoms with van der Waals surface area (Å²) >= 11 is 0. The number of benzene rings is 1. The van der Waals surface area contributed by atoms with Gasteiger partial charge in [0.15, 0.2) is 0 Å². The molecule has 0 atom stereocenters. The maximum atomic E-state index is 11.5. The predicted molar refractivity (Wildman–Crippen MR) is 62.5 cm³/mol. The Kier molecular flexibility index (Phi) is 4.62. The molecule has 0 bridgehead atoms. The summed E-state index contributed by atoms with van der Waals surface area (Å²) in [5.41, 5.74) is 5.75. The van der Waals surface area contributed by atoms with E-state index in [4.69, 9.17) is 5.73 Å². The Labute approximate surface area is 98.5 Å². The van der Waals surface area contributed by atoms with Crippen LogP contribution in [0, 0.1) is 0 Å². The van der Waals surface area contributed by atoms with Crippen LogP contribution in [0.5, 0.6) is 0 Å². The number of hydrogen-bond acceptors (Lipinski definition) is 3. The lowest BCUT2D eigenvalue weighted by Crippen LogP contribution is -2.40. The van der Waals surface area contributed by atoms with Crippen LogP contribution in [0.2, 0.25) is 0 Å². The van der Waals surface area contributed by atoms with Gasteiger partial charge in [-0.05, 0) is 11.6 Å². The van der Waals surface area contributed by atoms with Crippen LogP contribution in [-0.2, 0) is 9.59 Å². The van der Waals surface area contributed by atoms with Crippen LogP contribution in [0.1, 0.15) is 5.56 Å². The maximum Gasteiger partial charge on any atom is 0.322 e. The molecule has 3 amide bonds. The van der Waals surface area contributed by atoms with Gasteiger partial charge in [0, 0.05) is 6.08 Å². The standard InChI is InChI=1S/C12H11N2O3/c13-12(17)14(8-9-15)11(16)7-6-10-4-2-1-3-5-10/h1-7H,8H2,(H2,13,17). The average Bonchev–Trinajstić information content (AvgIpc) is 2.34. The van der Waals surface area contributed by atoms with Crippen LogP contribution in [0.15, 0.2) is 36.4 Å². The molecule has 17 heavy (non-hydrogen) atoms. The number of hydrogen-bond donors (Lipinski definition) is 1. The Bertz CT molecular complexity index is 440. The van der Waals surface area contributed by atoms with E-state index in [1.807, 2.05) is 18.2 Å². The number of urea groups is 1. The van der Waals surface area contributed by atoms with Crippen molar-refractivity contribution in [3.63, 3.8) is 0 Å². The van der Waals surface area contributed by atoms with Crippen molar-refractivity contribution in [1.29, 1.82) is 0 Å². The fourth-order valence-corrected chi connectivity index (χ4v) is 1.15. The van der Waals surface area contributed by atoms with Gasteiger partial charge in [-0.2, -0.15) is 0 Å². The lowest BCUT2D eigenvalue weighted by atomic mass is 10.2. The van der Waals surface area contributed by atoms with E-state index in [-0.39, 0.29) is 0 Å². The van der Waals surface area contributed by atoms with E-state index in [9.17, 15) is 14.4 Å². The number of rotatable bonds is 4. The molecule has 0 saturated heterocycles. The van der Waals surface area contributed by atoms with Crippen LogP contribution in [0.25, 0.3) is 6.08 Å². The fraction of sp³-hybridized carbons (Fsp3) is 0.0833. The van der Waals surface area contributed by atoms with Crippen LogP contribution >= 0.6 is 0 Å². The first-order valence-electron chi connectivity index (χ1n) is 4.84. The highest BCUT2D eigenvalue weighted by molar-refractivity contribution is 6.03. The summed E-state index contributed by atoms with van der Waals surface area (Å²) in [5, 5.41) is 0. The van der Waals surface area contributed by atoms with Crippen LogP contribution in [0.3, 0.4) is 0 Å². The highest BCUT2D eigenvalue weighted by atomic mass is 16.2. The van der Waals surface area contributed by atoms with E-state index in [0.717, 1.165) is 5.56 Å². The summed E-state index contributed by atoms with van der Waals surface area (Å²) in [6.45, 7) is -0.465. The van der Waals surface area contributed by atoms with Gasteiger partial charge in [-0.3, -0.25) is 14.5 Å². The molecule has 0 aromatic heterocycles. The molecule has 87 valence electrons. The van der Waals surface area contributed by atoms with Gasteiger partial charge in [0.2, 0.25) is 6.29 Å². The molecule has 0 aliphatic rings. The maximum absolute atomic E-state index is 11.5. The Morgan fingerprint density at radius 1 is 1.29 bits per heavy atom. The van der Waals surface area contributed by atoms with Crippen molar-refractivity contribution in [1.82, 2.24) is 4.90 Å². The van der Waals surface area contributed by atoms with Crippen molar-refractivity contribution in [3.05, 3.63) is 42.0 Å². The van der Waals surface area contributed by atoms with Gasteiger partial charge in [-0.15, -0.1) is 0 Å². The zero-order chi connectivity index (χ0) is 12.7. The molecule has 0 aliphatic carbocycles. The lowest BCUT2D eigenvalue weighted by molar-refractivity contribution is -0.122. The van der Waals surface area contributed by atoms with Gasteiger partial charge in [-0.1, -0.05) is 30.3 Å². The number of nitrogens with zero attached hydrogens (tertiary/aromatic N) is 1. The highest BCUT2D eigenvalue weighted by Gasteiger charge is 2.15. The molecule has 0 spiro atoms. The molecule has 0 fully saturated rings. The predicted octanol–water partition coefficient (Wildman–Crippen LogP) is 0.717. The van der Waals surface area contributed by atoms with Gasteiger partial charge in [-0.25, -0.2) is 4.79 Å².